The number of fused-ring (bicyclic) bond motifs is 1. The zero-order chi connectivity index (χ0) is 14.8. The number of aryl methyl sites for hydroxylation is 1. The van der Waals surface area contributed by atoms with Crippen LogP contribution in [-0.2, 0) is 22.5 Å². The molecule has 3 rings (SSSR count). The lowest BCUT2D eigenvalue weighted by molar-refractivity contribution is -0.145. The van der Waals surface area contributed by atoms with Gasteiger partial charge in [0, 0.05) is 9.75 Å². The number of thiophene rings is 1. The van der Waals surface area contributed by atoms with Crippen molar-refractivity contribution in [2.24, 2.45) is 0 Å². The molecule has 0 fully saturated rings. The van der Waals surface area contributed by atoms with Crippen LogP contribution in [0.2, 0.25) is 4.34 Å². The molecule has 112 valence electrons. The van der Waals surface area contributed by atoms with Crippen molar-refractivity contribution in [3.05, 3.63) is 31.9 Å². The van der Waals surface area contributed by atoms with Gasteiger partial charge in [0.1, 0.15) is 5.92 Å². The Morgan fingerprint density at radius 2 is 2.38 bits per heavy atom. The molecule has 7 heteroatoms. The van der Waals surface area contributed by atoms with E-state index in [1.807, 2.05) is 19.1 Å². The normalized spacial score (nSPS) is 16.8. The van der Waals surface area contributed by atoms with Gasteiger partial charge in [0.2, 0.25) is 0 Å². The number of nitrogens with zero attached hydrogens (tertiary/aromatic N) is 1. The Morgan fingerprint density at radius 1 is 1.52 bits per heavy atom. The summed E-state index contributed by atoms with van der Waals surface area (Å²) in [6.45, 7) is 2.95. The Hall–Kier alpha value is -1.11. The first-order chi connectivity index (χ1) is 10.2. The van der Waals surface area contributed by atoms with E-state index < -0.39 is 0 Å². The van der Waals surface area contributed by atoms with Gasteiger partial charge >= 0.3 is 5.97 Å². The summed E-state index contributed by atoms with van der Waals surface area (Å²) in [7, 11) is 0. The maximum Gasteiger partial charge on any atom is 0.315 e. The van der Waals surface area contributed by atoms with E-state index in [-0.39, 0.29) is 11.9 Å². The van der Waals surface area contributed by atoms with Crippen LogP contribution in [-0.4, -0.2) is 17.6 Å². The predicted molar refractivity (Wildman–Crippen MR) is 86.5 cm³/mol. The molecule has 2 aromatic rings. The summed E-state index contributed by atoms with van der Waals surface area (Å²) in [5.41, 5.74) is 0.894. The van der Waals surface area contributed by atoms with Gasteiger partial charge in [0.05, 0.1) is 23.2 Å². The molecule has 1 unspecified atom stereocenters. The minimum absolute atomic E-state index is 0.155. The molecule has 0 amide bonds. The van der Waals surface area contributed by atoms with E-state index in [9.17, 15) is 4.79 Å². The molecule has 1 atom stereocenters. The number of hydrogen-bond donors (Lipinski definition) is 1. The van der Waals surface area contributed by atoms with Crippen molar-refractivity contribution in [3.8, 4) is 0 Å². The largest absolute Gasteiger partial charge is 0.465 e. The summed E-state index contributed by atoms with van der Waals surface area (Å²) in [5, 5.41) is 4.16. The van der Waals surface area contributed by atoms with Crippen molar-refractivity contribution in [3.63, 3.8) is 0 Å². The van der Waals surface area contributed by atoms with E-state index in [4.69, 9.17) is 16.3 Å². The van der Waals surface area contributed by atoms with Crippen LogP contribution in [0.4, 0.5) is 5.13 Å². The number of carbonyl (C=O) groups is 1. The fourth-order valence-electron chi connectivity index (χ4n) is 2.38. The van der Waals surface area contributed by atoms with E-state index in [0.717, 1.165) is 32.9 Å². The van der Waals surface area contributed by atoms with Gasteiger partial charge in [-0.2, -0.15) is 0 Å². The van der Waals surface area contributed by atoms with Crippen molar-refractivity contribution in [1.29, 1.82) is 0 Å². The predicted octanol–water partition coefficient (Wildman–Crippen LogP) is 4.06. The van der Waals surface area contributed by atoms with Gasteiger partial charge < -0.3 is 10.1 Å². The van der Waals surface area contributed by atoms with E-state index >= 15 is 0 Å². The van der Waals surface area contributed by atoms with Crippen molar-refractivity contribution < 1.29 is 9.53 Å². The van der Waals surface area contributed by atoms with Gasteiger partial charge in [-0.15, -0.1) is 22.7 Å². The van der Waals surface area contributed by atoms with Crippen LogP contribution in [0, 0.1) is 0 Å². The third-order valence-electron chi connectivity index (χ3n) is 3.33. The number of hydrogen-bond acceptors (Lipinski definition) is 6. The van der Waals surface area contributed by atoms with Crippen LogP contribution in [0.25, 0.3) is 0 Å². The number of nitrogens with one attached hydrogen (secondary N) is 1. The van der Waals surface area contributed by atoms with Gasteiger partial charge in [-0.1, -0.05) is 11.6 Å². The molecule has 0 bridgehead atoms. The molecule has 1 aliphatic carbocycles. The average molecular weight is 343 g/mol. The summed E-state index contributed by atoms with van der Waals surface area (Å²) >= 11 is 9.10. The maximum absolute atomic E-state index is 11.9. The van der Waals surface area contributed by atoms with Crippen molar-refractivity contribution in [1.82, 2.24) is 4.98 Å². The number of aromatic nitrogens is 1. The number of thiazole rings is 1. The molecule has 0 saturated heterocycles. The Bertz CT molecular complexity index is 653. The molecule has 2 heterocycles. The average Bonchev–Trinajstić information content (AvgIpc) is 3.11. The highest BCUT2D eigenvalue weighted by molar-refractivity contribution is 7.16. The van der Waals surface area contributed by atoms with Crippen LogP contribution < -0.4 is 5.32 Å². The molecule has 2 aromatic heterocycles. The second-order valence-electron chi connectivity index (χ2n) is 4.73. The van der Waals surface area contributed by atoms with Gasteiger partial charge in [0.15, 0.2) is 5.13 Å². The van der Waals surface area contributed by atoms with Crippen LogP contribution in [0.15, 0.2) is 12.1 Å². The molecule has 4 nitrogen and oxygen atoms in total. The number of rotatable bonds is 5. The summed E-state index contributed by atoms with van der Waals surface area (Å²) in [6.07, 6.45) is 1.72. The van der Waals surface area contributed by atoms with E-state index in [0.29, 0.717) is 13.2 Å². The molecule has 0 aliphatic heterocycles. The lowest BCUT2D eigenvalue weighted by Crippen LogP contribution is -2.14. The highest BCUT2D eigenvalue weighted by atomic mass is 35.5. The molecule has 1 aliphatic rings. The fourth-order valence-corrected chi connectivity index (χ4v) is 4.45. The second-order valence-corrected chi connectivity index (χ2v) is 7.61. The van der Waals surface area contributed by atoms with Crippen molar-refractivity contribution >= 4 is 45.4 Å². The van der Waals surface area contributed by atoms with E-state index in [2.05, 4.69) is 10.3 Å². The summed E-state index contributed by atoms with van der Waals surface area (Å²) in [5.74, 6) is -0.346. The maximum atomic E-state index is 11.9. The van der Waals surface area contributed by atoms with Crippen LogP contribution >= 0.6 is 34.3 Å². The zero-order valence-electron chi connectivity index (χ0n) is 11.5. The number of halogens is 1. The number of ether oxygens (including phenoxy) is 1. The first kappa shape index (κ1) is 14.8. The molecule has 1 N–H and O–H groups in total. The lowest BCUT2D eigenvalue weighted by Gasteiger charge is -2.07. The molecule has 0 aromatic carbocycles. The minimum atomic E-state index is -0.192. The third kappa shape index (κ3) is 3.22. The number of anilines is 1. The highest BCUT2D eigenvalue weighted by Gasteiger charge is 2.33. The van der Waals surface area contributed by atoms with E-state index in [1.54, 1.807) is 22.7 Å². The molecule has 0 radical (unpaired) electrons. The van der Waals surface area contributed by atoms with Gasteiger partial charge in [0.25, 0.3) is 0 Å². The Kier molecular flexibility index (Phi) is 4.47. The summed E-state index contributed by atoms with van der Waals surface area (Å²) < 4.78 is 5.90. The molecule has 0 saturated carbocycles. The topological polar surface area (TPSA) is 51.2 Å². The monoisotopic (exact) mass is 342 g/mol. The molecule has 21 heavy (non-hydrogen) atoms. The molecular formula is C14H15ClN2O2S2. The zero-order valence-corrected chi connectivity index (χ0v) is 13.9. The Balaban J connectivity index is 1.67. The molecular weight excluding hydrogens is 328 g/mol. The number of esters is 1. The molecule has 0 spiro atoms. The quantitative estimate of drug-likeness (QED) is 0.832. The van der Waals surface area contributed by atoms with Crippen LogP contribution in [0.5, 0.6) is 0 Å². The second kappa shape index (κ2) is 6.34. The van der Waals surface area contributed by atoms with Gasteiger partial charge in [-0.3, -0.25) is 4.79 Å². The van der Waals surface area contributed by atoms with Gasteiger partial charge in [-0.05, 0) is 31.9 Å². The van der Waals surface area contributed by atoms with Crippen molar-refractivity contribution in [2.75, 3.05) is 11.9 Å². The first-order valence-corrected chi connectivity index (χ1v) is 8.82. The first-order valence-electron chi connectivity index (χ1n) is 6.81. The smallest absolute Gasteiger partial charge is 0.315 e. The highest BCUT2D eigenvalue weighted by Crippen LogP contribution is 2.39. The lowest BCUT2D eigenvalue weighted by atomic mass is 10.1. The Labute approximate surface area is 136 Å². The van der Waals surface area contributed by atoms with Crippen LogP contribution in [0.3, 0.4) is 0 Å². The fraction of sp³-hybridized carbons (Fsp3) is 0.429. The summed E-state index contributed by atoms with van der Waals surface area (Å²) in [6, 6.07) is 3.89. The van der Waals surface area contributed by atoms with E-state index in [1.165, 1.54) is 4.88 Å². The summed E-state index contributed by atoms with van der Waals surface area (Å²) in [4.78, 5) is 18.8. The van der Waals surface area contributed by atoms with Gasteiger partial charge in [-0.25, -0.2) is 4.98 Å². The van der Waals surface area contributed by atoms with Crippen LogP contribution in [0.1, 0.15) is 34.7 Å². The SMILES string of the molecule is CCOC(=O)C1CCc2sc(NCc3ccc(Cl)s3)nc21. The Morgan fingerprint density at radius 3 is 3.10 bits per heavy atom. The third-order valence-corrected chi connectivity index (χ3v) is 5.65. The van der Waals surface area contributed by atoms with Crippen molar-refractivity contribution in [2.45, 2.75) is 32.2 Å². The number of carbonyl (C=O) groups excluding carboxylic acids is 1. The standard InChI is InChI=1S/C14H15ClN2O2S2/c1-2-19-13(18)9-4-5-10-12(9)17-14(21-10)16-7-8-3-6-11(15)20-8/h3,6,9H,2,4-5,7H2,1H3,(H,16,17). The minimum Gasteiger partial charge on any atom is -0.465 e.